The molecule has 4 heteroatoms. The molecule has 3 aromatic rings. The van der Waals surface area contributed by atoms with Gasteiger partial charge in [-0.05, 0) is 42.8 Å². The molecule has 0 radical (unpaired) electrons. The van der Waals surface area contributed by atoms with E-state index < -0.39 is 0 Å². The first-order valence-corrected chi connectivity index (χ1v) is 6.55. The van der Waals surface area contributed by atoms with Gasteiger partial charge < -0.3 is 9.88 Å². The van der Waals surface area contributed by atoms with Gasteiger partial charge in [-0.1, -0.05) is 12.1 Å². The van der Waals surface area contributed by atoms with Crippen LogP contribution in [0, 0.1) is 12.7 Å². The average molecular weight is 269 g/mol. The monoisotopic (exact) mass is 269 g/mol. The molecule has 0 fully saturated rings. The van der Waals surface area contributed by atoms with Gasteiger partial charge in [0.1, 0.15) is 11.6 Å². The Kier molecular flexibility index (Phi) is 3.14. The van der Waals surface area contributed by atoms with E-state index in [9.17, 15) is 4.39 Å². The van der Waals surface area contributed by atoms with Crippen molar-refractivity contribution in [1.29, 1.82) is 0 Å². The molecule has 0 aliphatic heterocycles. The van der Waals surface area contributed by atoms with Crippen molar-refractivity contribution in [3.05, 3.63) is 59.7 Å². The van der Waals surface area contributed by atoms with E-state index in [4.69, 9.17) is 0 Å². The van der Waals surface area contributed by atoms with Crippen molar-refractivity contribution >= 4 is 16.7 Å². The minimum Gasteiger partial charge on any atom is -0.378 e. The average Bonchev–Trinajstić information content (AvgIpc) is 2.73. The summed E-state index contributed by atoms with van der Waals surface area (Å²) >= 11 is 0. The first kappa shape index (κ1) is 12.7. The Bertz CT molecular complexity index is 741. The minimum atomic E-state index is -0.225. The van der Waals surface area contributed by atoms with Crippen molar-refractivity contribution in [2.75, 3.05) is 5.32 Å². The summed E-state index contributed by atoms with van der Waals surface area (Å²) in [6, 6.07) is 12.9. The number of aryl methyl sites for hydroxylation is 2. The fourth-order valence-electron chi connectivity index (χ4n) is 2.37. The molecule has 1 N–H and O–H groups in total. The van der Waals surface area contributed by atoms with Gasteiger partial charge in [-0.25, -0.2) is 9.37 Å². The minimum absolute atomic E-state index is 0.225. The van der Waals surface area contributed by atoms with Crippen molar-refractivity contribution in [3.8, 4) is 0 Å². The number of halogens is 1. The van der Waals surface area contributed by atoms with E-state index in [-0.39, 0.29) is 5.82 Å². The van der Waals surface area contributed by atoms with Gasteiger partial charge in [-0.15, -0.1) is 0 Å². The highest BCUT2D eigenvalue weighted by Crippen LogP contribution is 2.17. The summed E-state index contributed by atoms with van der Waals surface area (Å²) in [7, 11) is 1.99. The van der Waals surface area contributed by atoms with Gasteiger partial charge in [-0.3, -0.25) is 0 Å². The van der Waals surface area contributed by atoms with Crippen LogP contribution in [-0.2, 0) is 13.6 Å². The van der Waals surface area contributed by atoms with Crippen LogP contribution in [0.3, 0.4) is 0 Å². The third-order valence-electron chi connectivity index (χ3n) is 3.37. The summed E-state index contributed by atoms with van der Waals surface area (Å²) in [6.45, 7) is 2.44. The Morgan fingerprint density at radius 1 is 1.20 bits per heavy atom. The van der Waals surface area contributed by atoms with Crippen LogP contribution in [0.2, 0.25) is 0 Å². The molecule has 3 rings (SSSR count). The number of hydrogen-bond donors (Lipinski definition) is 1. The van der Waals surface area contributed by atoms with E-state index in [0.717, 1.165) is 28.1 Å². The van der Waals surface area contributed by atoms with Gasteiger partial charge in [0, 0.05) is 12.7 Å². The molecule has 0 bridgehead atoms. The zero-order chi connectivity index (χ0) is 14.1. The predicted molar refractivity (Wildman–Crippen MR) is 79.2 cm³/mol. The van der Waals surface area contributed by atoms with Crippen molar-refractivity contribution in [2.45, 2.75) is 13.5 Å². The normalized spacial score (nSPS) is 10.9. The quantitative estimate of drug-likeness (QED) is 0.786. The second kappa shape index (κ2) is 4.96. The van der Waals surface area contributed by atoms with Gasteiger partial charge >= 0.3 is 0 Å². The Labute approximate surface area is 117 Å². The van der Waals surface area contributed by atoms with Crippen LogP contribution in [-0.4, -0.2) is 9.55 Å². The van der Waals surface area contributed by atoms with Crippen LogP contribution >= 0.6 is 0 Å². The van der Waals surface area contributed by atoms with Crippen molar-refractivity contribution in [1.82, 2.24) is 9.55 Å². The maximum Gasteiger partial charge on any atom is 0.128 e. The van der Waals surface area contributed by atoms with Crippen molar-refractivity contribution in [3.63, 3.8) is 0 Å². The lowest BCUT2D eigenvalue weighted by atomic mass is 10.2. The fourth-order valence-corrected chi connectivity index (χ4v) is 2.37. The first-order chi connectivity index (χ1) is 9.63. The number of fused-ring (bicyclic) bond motifs is 1. The molecule has 1 aromatic heterocycles. The van der Waals surface area contributed by atoms with E-state index in [1.54, 1.807) is 0 Å². The maximum absolute atomic E-state index is 13.3. The summed E-state index contributed by atoms with van der Waals surface area (Å²) in [5, 5.41) is 3.22. The van der Waals surface area contributed by atoms with Gasteiger partial charge in [0.15, 0.2) is 0 Å². The lowest BCUT2D eigenvalue weighted by molar-refractivity contribution is 0.627. The predicted octanol–water partition coefficient (Wildman–Crippen LogP) is 3.63. The number of nitrogens with zero attached hydrogens (tertiary/aromatic N) is 2. The third-order valence-corrected chi connectivity index (χ3v) is 3.37. The van der Waals surface area contributed by atoms with Crippen LogP contribution in [0.15, 0.2) is 42.5 Å². The molecule has 1 heterocycles. The van der Waals surface area contributed by atoms with E-state index >= 15 is 0 Å². The molecular weight excluding hydrogens is 253 g/mol. The first-order valence-electron chi connectivity index (χ1n) is 6.55. The van der Waals surface area contributed by atoms with E-state index in [0.29, 0.717) is 6.54 Å². The molecular formula is C16H16FN3. The summed E-state index contributed by atoms with van der Waals surface area (Å²) in [6.07, 6.45) is 0. The summed E-state index contributed by atoms with van der Waals surface area (Å²) in [4.78, 5) is 4.58. The molecule has 0 atom stereocenters. The molecule has 3 nitrogen and oxygen atoms in total. The standard InChI is InChI=1S/C16H16FN3/c1-11-7-12(17)9-13(8-11)18-10-16-19-14-5-3-4-6-15(14)20(16)2/h3-9,18H,10H2,1-2H3. The highest BCUT2D eigenvalue weighted by Gasteiger charge is 2.07. The molecule has 0 unspecified atom stereocenters. The number of rotatable bonds is 3. The SMILES string of the molecule is Cc1cc(F)cc(NCc2nc3ccccc3n2C)c1. The fraction of sp³-hybridized carbons (Fsp3) is 0.188. The van der Waals surface area contributed by atoms with Crippen LogP contribution in [0.4, 0.5) is 10.1 Å². The number of imidazole rings is 1. The Hall–Kier alpha value is -2.36. The Morgan fingerprint density at radius 2 is 2.00 bits per heavy atom. The second-order valence-corrected chi connectivity index (χ2v) is 4.95. The van der Waals surface area contributed by atoms with Gasteiger partial charge in [0.25, 0.3) is 0 Å². The molecule has 0 saturated heterocycles. The van der Waals surface area contributed by atoms with Gasteiger partial charge in [0.2, 0.25) is 0 Å². The smallest absolute Gasteiger partial charge is 0.128 e. The largest absolute Gasteiger partial charge is 0.378 e. The number of nitrogens with one attached hydrogen (secondary N) is 1. The Morgan fingerprint density at radius 3 is 2.75 bits per heavy atom. The highest BCUT2D eigenvalue weighted by molar-refractivity contribution is 5.75. The van der Waals surface area contributed by atoms with Gasteiger partial charge in [0.05, 0.1) is 17.6 Å². The molecule has 102 valence electrons. The van der Waals surface area contributed by atoms with Crippen LogP contribution in [0.5, 0.6) is 0 Å². The van der Waals surface area contributed by atoms with Crippen LogP contribution < -0.4 is 5.32 Å². The van der Waals surface area contributed by atoms with Crippen molar-refractivity contribution < 1.29 is 4.39 Å². The zero-order valence-electron chi connectivity index (χ0n) is 11.5. The summed E-state index contributed by atoms with van der Waals surface area (Å²) < 4.78 is 15.4. The molecule has 0 aliphatic carbocycles. The molecule has 0 saturated carbocycles. The summed E-state index contributed by atoms with van der Waals surface area (Å²) in [5.74, 6) is 0.700. The number of aromatic nitrogens is 2. The van der Waals surface area contributed by atoms with Crippen LogP contribution in [0.25, 0.3) is 11.0 Å². The lowest BCUT2D eigenvalue weighted by Crippen LogP contribution is -2.06. The molecule has 0 amide bonds. The van der Waals surface area contributed by atoms with E-state index in [1.807, 2.05) is 44.3 Å². The lowest BCUT2D eigenvalue weighted by Gasteiger charge is -2.07. The van der Waals surface area contributed by atoms with Crippen LogP contribution in [0.1, 0.15) is 11.4 Å². The topological polar surface area (TPSA) is 29.9 Å². The highest BCUT2D eigenvalue weighted by atomic mass is 19.1. The van der Waals surface area contributed by atoms with Crippen molar-refractivity contribution in [2.24, 2.45) is 7.05 Å². The summed E-state index contributed by atoms with van der Waals surface area (Å²) in [5.41, 5.74) is 3.74. The van der Waals surface area contributed by atoms with E-state index in [1.165, 1.54) is 12.1 Å². The second-order valence-electron chi connectivity index (χ2n) is 4.95. The van der Waals surface area contributed by atoms with Gasteiger partial charge in [-0.2, -0.15) is 0 Å². The molecule has 20 heavy (non-hydrogen) atoms. The number of hydrogen-bond acceptors (Lipinski definition) is 2. The zero-order valence-corrected chi connectivity index (χ0v) is 11.5. The number of para-hydroxylation sites is 2. The molecule has 0 spiro atoms. The number of anilines is 1. The molecule has 0 aliphatic rings. The van der Waals surface area contributed by atoms with E-state index in [2.05, 4.69) is 14.9 Å². The Balaban J connectivity index is 1.84. The third kappa shape index (κ3) is 2.37. The maximum atomic E-state index is 13.3. The molecule has 2 aromatic carbocycles. The number of benzene rings is 2.